The maximum Gasteiger partial charge on any atom is 0.324 e. The number of amides is 1. The first-order valence-electron chi connectivity index (χ1n) is 10.2. The number of hydrogen-bond donors (Lipinski definition) is 1. The van der Waals surface area contributed by atoms with E-state index in [-0.39, 0.29) is 4.90 Å². The summed E-state index contributed by atoms with van der Waals surface area (Å²) >= 11 is 0. The molecule has 0 aliphatic rings. The number of carbonyl (C=O) groups excluding carboxylic acids is 2. The molecule has 1 amide bonds. The quantitative estimate of drug-likeness (QED) is 0.483. The molecule has 0 aromatic heterocycles. The van der Waals surface area contributed by atoms with Crippen LogP contribution in [0.4, 0.5) is 0 Å². The van der Waals surface area contributed by atoms with Crippen LogP contribution >= 0.6 is 0 Å². The number of esters is 1. The fraction of sp³-hybridized carbons (Fsp3) is 0.250. The summed E-state index contributed by atoms with van der Waals surface area (Å²) in [5, 5.41) is 2.04. The molecule has 0 fully saturated rings. The van der Waals surface area contributed by atoms with E-state index in [0.717, 1.165) is 22.1 Å². The lowest BCUT2D eigenvalue weighted by Crippen LogP contribution is -2.41. The van der Waals surface area contributed by atoms with E-state index in [9.17, 15) is 18.0 Å². The Hall–Kier alpha value is -3.43. The number of rotatable bonds is 9. The van der Waals surface area contributed by atoms with Crippen LogP contribution in [-0.2, 0) is 30.9 Å². The van der Waals surface area contributed by atoms with E-state index in [0.29, 0.717) is 6.54 Å². The molecule has 0 spiro atoms. The molecule has 0 heterocycles. The molecule has 3 rings (SSSR count). The third kappa shape index (κ3) is 6.30. The Bertz CT molecular complexity index is 1240. The third-order valence-electron chi connectivity index (χ3n) is 5.03. The van der Waals surface area contributed by atoms with E-state index in [2.05, 4.69) is 4.72 Å². The maximum absolute atomic E-state index is 12.4. The SMILES string of the molecule is COc1ccc2cc(CN(C)C(=O)COC(=O)[C@H](C)NS(=O)(=O)c3ccccc3)ccc2c1. The summed E-state index contributed by atoms with van der Waals surface area (Å²) in [6.07, 6.45) is 0. The Morgan fingerprint density at radius 1 is 1.00 bits per heavy atom. The molecular formula is C24H26N2O6S. The molecule has 0 saturated carbocycles. The van der Waals surface area contributed by atoms with Gasteiger partial charge in [0, 0.05) is 13.6 Å². The Balaban J connectivity index is 1.53. The van der Waals surface area contributed by atoms with Crippen LogP contribution < -0.4 is 9.46 Å². The van der Waals surface area contributed by atoms with Gasteiger partial charge in [-0.05, 0) is 53.6 Å². The second-order valence-electron chi connectivity index (χ2n) is 7.56. The number of carbonyl (C=O) groups is 2. The van der Waals surface area contributed by atoms with Crippen molar-refractivity contribution in [1.29, 1.82) is 0 Å². The van der Waals surface area contributed by atoms with E-state index in [1.54, 1.807) is 32.4 Å². The van der Waals surface area contributed by atoms with Gasteiger partial charge in [0.2, 0.25) is 10.0 Å². The van der Waals surface area contributed by atoms with Gasteiger partial charge in [-0.2, -0.15) is 4.72 Å². The van der Waals surface area contributed by atoms with Crippen molar-refractivity contribution in [1.82, 2.24) is 9.62 Å². The molecule has 0 saturated heterocycles. The van der Waals surface area contributed by atoms with Gasteiger partial charge in [-0.3, -0.25) is 9.59 Å². The van der Waals surface area contributed by atoms with Gasteiger partial charge >= 0.3 is 5.97 Å². The fourth-order valence-electron chi connectivity index (χ4n) is 3.18. The van der Waals surface area contributed by atoms with Crippen LogP contribution in [0, 0.1) is 0 Å². The number of fused-ring (bicyclic) bond motifs is 1. The monoisotopic (exact) mass is 470 g/mol. The number of methoxy groups -OCH3 is 1. The van der Waals surface area contributed by atoms with E-state index >= 15 is 0 Å². The minimum atomic E-state index is -3.88. The summed E-state index contributed by atoms with van der Waals surface area (Å²) in [6, 6.07) is 18.1. The Morgan fingerprint density at radius 3 is 2.36 bits per heavy atom. The Kier molecular flexibility index (Phi) is 7.67. The maximum atomic E-state index is 12.4. The highest BCUT2D eigenvalue weighted by Gasteiger charge is 2.24. The van der Waals surface area contributed by atoms with E-state index in [4.69, 9.17) is 9.47 Å². The average molecular weight is 471 g/mol. The van der Waals surface area contributed by atoms with Gasteiger partial charge in [0.25, 0.3) is 5.91 Å². The summed E-state index contributed by atoms with van der Waals surface area (Å²) in [6.45, 7) is 1.20. The van der Waals surface area contributed by atoms with Crippen molar-refractivity contribution in [2.24, 2.45) is 0 Å². The molecule has 0 aliphatic carbocycles. The molecule has 3 aromatic rings. The number of nitrogens with zero attached hydrogens (tertiary/aromatic N) is 1. The molecule has 9 heteroatoms. The van der Waals surface area contributed by atoms with Crippen molar-refractivity contribution in [2.75, 3.05) is 20.8 Å². The van der Waals surface area contributed by atoms with Gasteiger partial charge in [-0.25, -0.2) is 8.42 Å². The molecule has 1 atom stereocenters. The zero-order chi connectivity index (χ0) is 24.0. The number of hydrogen-bond acceptors (Lipinski definition) is 6. The molecule has 174 valence electrons. The van der Waals surface area contributed by atoms with Crippen molar-refractivity contribution in [3.8, 4) is 5.75 Å². The minimum Gasteiger partial charge on any atom is -0.497 e. The first kappa shape index (κ1) is 24.2. The fourth-order valence-corrected chi connectivity index (χ4v) is 4.39. The zero-order valence-electron chi connectivity index (χ0n) is 18.6. The van der Waals surface area contributed by atoms with Gasteiger partial charge in [0.05, 0.1) is 12.0 Å². The summed E-state index contributed by atoms with van der Waals surface area (Å²) in [7, 11) is -0.657. The van der Waals surface area contributed by atoms with Gasteiger partial charge < -0.3 is 14.4 Å². The van der Waals surface area contributed by atoms with Crippen LogP contribution in [0.1, 0.15) is 12.5 Å². The van der Waals surface area contributed by atoms with Gasteiger partial charge in [-0.1, -0.05) is 36.4 Å². The predicted octanol–water partition coefficient (Wildman–Crippen LogP) is 2.72. The minimum absolute atomic E-state index is 0.0364. The molecule has 1 N–H and O–H groups in total. The van der Waals surface area contributed by atoms with Crippen molar-refractivity contribution in [3.63, 3.8) is 0 Å². The predicted molar refractivity (Wildman–Crippen MR) is 124 cm³/mol. The van der Waals surface area contributed by atoms with Gasteiger partial charge in [0.1, 0.15) is 11.8 Å². The second kappa shape index (κ2) is 10.5. The highest BCUT2D eigenvalue weighted by atomic mass is 32.2. The molecule has 33 heavy (non-hydrogen) atoms. The normalized spacial score (nSPS) is 12.2. The van der Waals surface area contributed by atoms with Crippen molar-refractivity contribution < 1.29 is 27.5 Å². The molecule has 0 unspecified atom stereocenters. The average Bonchev–Trinajstić information content (AvgIpc) is 2.82. The zero-order valence-corrected chi connectivity index (χ0v) is 19.5. The van der Waals surface area contributed by atoms with Crippen LogP contribution in [0.3, 0.4) is 0 Å². The summed E-state index contributed by atoms with van der Waals surface area (Å²) < 4.78 is 37.2. The number of likely N-dealkylation sites (N-methyl/N-ethyl adjacent to an activating group) is 1. The van der Waals surface area contributed by atoms with E-state index in [1.807, 2.05) is 36.4 Å². The smallest absolute Gasteiger partial charge is 0.324 e. The summed E-state index contributed by atoms with van der Waals surface area (Å²) in [5.41, 5.74) is 0.916. The van der Waals surface area contributed by atoms with Crippen LogP contribution in [0.2, 0.25) is 0 Å². The Labute approximate surface area is 193 Å². The molecule has 0 bridgehead atoms. The largest absolute Gasteiger partial charge is 0.497 e. The molecule has 3 aromatic carbocycles. The van der Waals surface area contributed by atoms with Crippen LogP contribution in [0.15, 0.2) is 71.6 Å². The van der Waals surface area contributed by atoms with Crippen LogP contribution in [0.25, 0.3) is 10.8 Å². The molecular weight excluding hydrogens is 444 g/mol. The first-order chi connectivity index (χ1) is 15.7. The number of ether oxygens (including phenoxy) is 2. The summed E-state index contributed by atoms with van der Waals surface area (Å²) in [4.78, 5) is 26.1. The Morgan fingerprint density at radius 2 is 1.67 bits per heavy atom. The lowest BCUT2D eigenvalue weighted by molar-refractivity contribution is -0.152. The van der Waals surface area contributed by atoms with E-state index in [1.165, 1.54) is 24.0 Å². The second-order valence-corrected chi connectivity index (χ2v) is 9.27. The van der Waals surface area contributed by atoms with Crippen LogP contribution in [-0.4, -0.2) is 52.0 Å². The lowest BCUT2D eigenvalue weighted by Gasteiger charge is -2.19. The van der Waals surface area contributed by atoms with Crippen LogP contribution in [0.5, 0.6) is 5.75 Å². The van der Waals surface area contributed by atoms with Gasteiger partial charge in [-0.15, -0.1) is 0 Å². The third-order valence-corrected chi connectivity index (χ3v) is 6.59. The molecule has 8 nitrogen and oxygen atoms in total. The van der Waals surface area contributed by atoms with Crippen molar-refractivity contribution in [3.05, 3.63) is 72.3 Å². The highest BCUT2D eigenvalue weighted by molar-refractivity contribution is 7.89. The molecule has 0 radical (unpaired) electrons. The van der Waals surface area contributed by atoms with Crippen molar-refractivity contribution in [2.45, 2.75) is 24.4 Å². The number of sulfonamides is 1. The topological polar surface area (TPSA) is 102 Å². The number of nitrogens with one attached hydrogen (secondary N) is 1. The van der Waals surface area contributed by atoms with Crippen molar-refractivity contribution >= 4 is 32.7 Å². The highest BCUT2D eigenvalue weighted by Crippen LogP contribution is 2.22. The number of benzene rings is 3. The molecule has 0 aliphatic heterocycles. The lowest BCUT2D eigenvalue weighted by atomic mass is 10.1. The van der Waals surface area contributed by atoms with Gasteiger partial charge in [0.15, 0.2) is 6.61 Å². The first-order valence-corrected chi connectivity index (χ1v) is 11.7. The van der Waals surface area contributed by atoms with E-state index < -0.39 is 34.5 Å². The standard InChI is InChI=1S/C24H26N2O6S/c1-17(25-33(29,30)22-7-5-4-6-8-22)24(28)32-16-23(27)26(2)15-18-9-10-20-14-21(31-3)12-11-19(20)13-18/h4-14,17,25H,15-16H2,1-3H3/t17-/m0/s1. The summed E-state index contributed by atoms with van der Waals surface area (Å²) in [5.74, 6) is -0.475.